The minimum Gasteiger partial charge on any atom is -0.351 e. The molecule has 0 fully saturated rings. The molecule has 0 saturated carbocycles. The fourth-order valence-electron chi connectivity index (χ4n) is 2.14. The van der Waals surface area contributed by atoms with Crippen LogP contribution in [0.15, 0.2) is 59.5 Å². The van der Waals surface area contributed by atoms with E-state index in [0.29, 0.717) is 17.9 Å². The number of hydrogen-bond acceptors (Lipinski definition) is 4. The number of nitrogens with zero attached hydrogens (tertiary/aromatic N) is 1. The number of benzene rings is 2. The van der Waals surface area contributed by atoms with Crippen LogP contribution in [0, 0.1) is 0 Å². The van der Waals surface area contributed by atoms with Crippen molar-refractivity contribution in [2.24, 2.45) is 0 Å². The summed E-state index contributed by atoms with van der Waals surface area (Å²) in [6, 6.07) is 17.7. The molecule has 2 aromatic rings. The average molecular weight is 389 g/mol. The third-order valence-electron chi connectivity index (χ3n) is 3.63. The zero-order valence-corrected chi connectivity index (χ0v) is 16.7. The second-order valence-corrected chi connectivity index (χ2v) is 7.99. The highest BCUT2D eigenvalue weighted by molar-refractivity contribution is 8.00. The lowest BCUT2D eigenvalue weighted by atomic mass is 10.2. The standard InChI is InChI=1S/C20H24N2O2S2/c1-22(2)19(23)15-26-18-11-7-6-10-17(18)20(24)21-12-13-25-14-16-8-4-3-5-9-16/h3-11H,12-15H2,1-2H3,(H,21,24). The molecule has 2 aromatic carbocycles. The van der Waals surface area contributed by atoms with Crippen molar-refractivity contribution in [1.82, 2.24) is 10.2 Å². The summed E-state index contributed by atoms with van der Waals surface area (Å²) in [6.07, 6.45) is 0. The highest BCUT2D eigenvalue weighted by Crippen LogP contribution is 2.23. The molecule has 26 heavy (non-hydrogen) atoms. The molecule has 0 spiro atoms. The van der Waals surface area contributed by atoms with Crippen LogP contribution >= 0.6 is 23.5 Å². The predicted molar refractivity (Wildman–Crippen MR) is 111 cm³/mol. The van der Waals surface area contributed by atoms with Crippen molar-refractivity contribution >= 4 is 35.3 Å². The largest absolute Gasteiger partial charge is 0.351 e. The van der Waals surface area contributed by atoms with E-state index in [-0.39, 0.29) is 11.8 Å². The van der Waals surface area contributed by atoms with Crippen LogP contribution < -0.4 is 5.32 Å². The maximum atomic E-state index is 12.4. The molecule has 0 aromatic heterocycles. The molecule has 0 bridgehead atoms. The van der Waals surface area contributed by atoms with Gasteiger partial charge in [-0.3, -0.25) is 9.59 Å². The van der Waals surface area contributed by atoms with Gasteiger partial charge >= 0.3 is 0 Å². The molecule has 0 aliphatic heterocycles. The maximum absolute atomic E-state index is 12.4. The van der Waals surface area contributed by atoms with Crippen LogP contribution in [0.4, 0.5) is 0 Å². The lowest BCUT2D eigenvalue weighted by Gasteiger charge is -2.12. The third kappa shape index (κ3) is 6.77. The summed E-state index contributed by atoms with van der Waals surface area (Å²) in [4.78, 5) is 26.6. The molecule has 0 atom stereocenters. The second kappa shape index (κ2) is 10.9. The van der Waals surface area contributed by atoms with E-state index < -0.39 is 0 Å². The lowest BCUT2D eigenvalue weighted by molar-refractivity contribution is -0.125. The van der Waals surface area contributed by atoms with Gasteiger partial charge in [-0.1, -0.05) is 42.5 Å². The van der Waals surface area contributed by atoms with E-state index in [1.165, 1.54) is 17.3 Å². The summed E-state index contributed by atoms with van der Waals surface area (Å²) in [5.41, 5.74) is 1.91. The Morgan fingerprint density at radius 2 is 1.69 bits per heavy atom. The molecule has 138 valence electrons. The van der Waals surface area contributed by atoms with E-state index in [4.69, 9.17) is 0 Å². The summed E-state index contributed by atoms with van der Waals surface area (Å²) in [5, 5.41) is 2.97. The molecule has 4 nitrogen and oxygen atoms in total. The molecular weight excluding hydrogens is 364 g/mol. The Hall–Kier alpha value is -1.92. The molecule has 0 heterocycles. The normalized spacial score (nSPS) is 10.4. The van der Waals surface area contributed by atoms with Crippen molar-refractivity contribution < 1.29 is 9.59 Å². The van der Waals surface area contributed by atoms with E-state index in [1.54, 1.807) is 36.8 Å². The topological polar surface area (TPSA) is 49.4 Å². The van der Waals surface area contributed by atoms with Crippen molar-refractivity contribution in [1.29, 1.82) is 0 Å². The van der Waals surface area contributed by atoms with E-state index in [1.807, 2.05) is 36.4 Å². The van der Waals surface area contributed by atoms with Crippen LogP contribution in [0.3, 0.4) is 0 Å². The van der Waals surface area contributed by atoms with Crippen molar-refractivity contribution in [3.8, 4) is 0 Å². The van der Waals surface area contributed by atoms with E-state index in [2.05, 4.69) is 17.4 Å². The van der Waals surface area contributed by atoms with Crippen LogP contribution in [-0.2, 0) is 10.5 Å². The molecule has 2 rings (SSSR count). The van der Waals surface area contributed by atoms with E-state index in [0.717, 1.165) is 16.4 Å². The highest BCUT2D eigenvalue weighted by Gasteiger charge is 2.13. The number of amides is 2. The summed E-state index contributed by atoms with van der Waals surface area (Å²) in [7, 11) is 3.46. The van der Waals surface area contributed by atoms with Crippen LogP contribution in [-0.4, -0.2) is 48.9 Å². The molecule has 6 heteroatoms. The first kappa shape index (κ1) is 20.4. The number of nitrogens with one attached hydrogen (secondary N) is 1. The molecule has 0 aliphatic carbocycles. The smallest absolute Gasteiger partial charge is 0.252 e. The molecule has 1 N–H and O–H groups in total. The van der Waals surface area contributed by atoms with Gasteiger partial charge in [0, 0.05) is 37.0 Å². The van der Waals surface area contributed by atoms with Crippen molar-refractivity contribution in [2.45, 2.75) is 10.6 Å². The predicted octanol–water partition coefficient (Wildman–Crippen LogP) is 3.53. The Balaban J connectivity index is 1.78. The number of carbonyl (C=O) groups is 2. The monoisotopic (exact) mass is 388 g/mol. The molecular formula is C20H24N2O2S2. The number of thioether (sulfide) groups is 2. The zero-order valence-electron chi connectivity index (χ0n) is 15.1. The first-order chi connectivity index (χ1) is 12.6. The summed E-state index contributed by atoms with van der Waals surface area (Å²) in [5.74, 6) is 2.06. The molecule has 0 saturated heterocycles. The van der Waals surface area contributed by atoms with Gasteiger partial charge < -0.3 is 10.2 Å². The van der Waals surface area contributed by atoms with Gasteiger partial charge in [0.25, 0.3) is 5.91 Å². The molecule has 2 amide bonds. The number of carbonyl (C=O) groups excluding carboxylic acids is 2. The summed E-state index contributed by atoms with van der Waals surface area (Å²) in [6.45, 7) is 0.617. The van der Waals surface area contributed by atoms with Crippen LogP contribution in [0.2, 0.25) is 0 Å². The Morgan fingerprint density at radius 1 is 1.00 bits per heavy atom. The number of hydrogen-bond donors (Lipinski definition) is 1. The van der Waals surface area contributed by atoms with Crippen LogP contribution in [0.25, 0.3) is 0 Å². The van der Waals surface area contributed by atoms with Crippen LogP contribution in [0.1, 0.15) is 15.9 Å². The highest BCUT2D eigenvalue weighted by atomic mass is 32.2. The van der Waals surface area contributed by atoms with Crippen molar-refractivity contribution in [3.05, 3.63) is 65.7 Å². The maximum Gasteiger partial charge on any atom is 0.252 e. The Bertz CT molecular complexity index is 721. The van der Waals surface area contributed by atoms with E-state index >= 15 is 0 Å². The fraction of sp³-hybridized carbons (Fsp3) is 0.300. The Morgan fingerprint density at radius 3 is 2.42 bits per heavy atom. The zero-order chi connectivity index (χ0) is 18.8. The van der Waals surface area contributed by atoms with Crippen LogP contribution in [0.5, 0.6) is 0 Å². The van der Waals surface area contributed by atoms with Gasteiger partial charge in [0.05, 0.1) is 11.3 Å². The van der Waals surface area contributed by atoms with E-state index in [9.17, 15) is 9.59 Å². The minimum absolute atomic E-state index is 0.0301. The Labute approximate surface area is 163 Å². The van der Waals surface area contributed by atoms with Gasteiger partial charge in [-0.05, 0) is 17.7 Å². The minimum atomic E-state index is -0.0919. The first-order valence-electron chi connectivity index (χ1n) is 8.40. The molecule has 0 aliphatic rings. The van der Waals surface area contributed by atoms with Gasteiger partial charge in [-0.2, -0.15) is 11.8 Å². The third-order valence-corrected chi connectivity index (χ3v) is 5.71. The molecule has 0 unspecified atom stereocenters. The average Bonchev–Trinajstić information content (AvgIpc) is 2.66. The van der Waals surface area contributed by atoms with Gasteiger partial charge in [0.2, 0.25) is 5.91 Å². The van der Waals surface area contributed by atoms with Gasteiger partial charge in [-0.25, -0.2) is 0 Å². The first-order valence-corrected chi connectivity index (χ1v) is 10.5. The molecule has 0 radical (unpaired) electrons. The van der Waals surface area contributed by atoms with Crippen molar-refractivity contribution in [3.63, 3.8) is 0 Å². The van der Waals surface area contributed by atoms with Gasteiger partial charge in [-0.15, -0.1) is 11.8 Å². The van der Waals surface area contributed by atoms with Crippen molar-refractivity contribution in [2.75, 3.05) is 32.1 Å². The van der Waals surface area contributed by atoms with Gasteiger partial charge in [0.15, 0.2) is 0 Å². The quantitative estimate of drug-likeness (QED) is 0.527. The van der Waals surface area contributed by atoms with Gasteiger partial charge in [0.1, 0.15) is 0 Å². The summed E-state index contributed by atoms with van der Waals surface area (Å²) < 4.78 is 0. The number of rotatable bonds is 9. The lowest BCUT2D eigenvalue weighted by Crippen LogP contribution is -2.26. The SMILES string of the molecule is CN(C)C(=O)CSc1ccccc1C(=O)NCCSCc1ccccc1. The fourth-order valence-corrected chi connectivity index (χ4v) is 3.99. The Kier molecular flexibility index (Phi) is 8.58. The summed E-state index contributed by atoms with van der Waals surface area (Å²) >= 11 is 3.19. The second-order valence-electron chi connectivity index (χ2n) is 5.87.